The molecule has 0 N–H and O–H groups in total. The van der Waals surface area contributed by atoms with Gasteiger partial charge in [-0.05, 0) is 5.92 Å². The molecule has 0 aromatic carbocycles. The minimum atomic E-state index is -0.355. The number of likely N-dealkylation sites (tertiary alicyclic amines) is 1. The Morgan fingerprint density at radius 1 is 1.40 bits per heavy atom. The first-order valence-corrected chi connectivity index (χ1v) is 3.41. The highest BCUT2D eigenvalue weighted by molar-refractivity contribution is 6.35. The number of nitrogens with zero attached hydrogens (tertiary/aromatic N) is 1. The van der Waals surface area contributed by atoms with Crippen LogP contribution in [0.2, 0.25) is 0 Å². The number of ketones is 1. The predicted octanol–water partition coefficient (Wildman–Crippen LogP) is 0.0537. The third kappa shape index (κ3) is 1.17. The van der Waals surface area contributed by atoms with Crippen molar-refractivity contribution in [3.63, 3.8) is 0 Å². The molecule has 1 heterocycles. The minimum Gasteiger partial charge on any atom is -0.335 e. The van der Waals surface area contributed by atoms with Crippen LogP contribution in [0.3, 0.4) is 0 Å². The summed E-state index contributed by atoms with van der Waals surface area (Å²) in [6.07, 6.45) is 0. The molecule has 0 atom stereocenters. The molecule has 1 rings (SSSR count). The van der Waals surface area contributed by atoms with Gasteiger partial charge in [-0.25, -0.2) is 0 Å². The molecule has 0 unspecified atom stereocenters. The summed E-state index contributed by atoms with van der Waals surface area (Å²) in [4.78, 5) is 22.9. The van der Waals surface area contributed by atoms with Crippen molar-refractivity contribution in [2.45, 2.75) is 13.8 Å². The lowest BCUT2D eigenvalue weighted by molar-refractivity contribution is -0.147. The van der Waals surface area contributed by atoms with Crippen LogP contribution in [-0.2, 0) is 9.59 Å². The van der Waals surface area contributed by atoms with Gasteiger partial charge in [-0.2, -0.15) is 0 Å². The smallest absolute Gasteiger partial charge is 0.289 e. The summed E-state index contributed by atoms with van der Waals surface area (Å²) in [7, 11) is 0. The Kier molecular flexibility index (Phi) is 1.74. The number of carbonyl (C=O) groups excluding carboxylic acids is 2. The molecule has 1 fully saturated rings. The summed E-state index contributed by atoms with van der Waals surface area (Å²) in [5.74, 6) is -0.117. The van der Waals surface area contributed by atoms with Crippen LogP contribution in [0.5, 0.6) is 0 Å². The zero-order valence-corrected chi connectivity index (χ0v) is 6.26. The number of hydrogen-bond donors (Lipinski definition) is 0. The molecule has 0 aromatic rings. The molecular weight excluding hydrogens is 130 g/mol. The van der Waals surface area contributed by atoms with Gasteiger partial charge in [0, 0.05) is 20.0 Å². The second-order valence-electron chi connectivity index (χ2n) is 2.87. The van der Waals surface area contributed by atoms with E-state index in [0.29, 0.717) is 5.92 Å². The Hall–Kier alpha value is -0.860. The molecule has 1 aliphatic heterocycles. The van der Waals surface area contributed by atoms with E-state index < -0.39 is 0 Å². The summed E-state index contributed by atoms with van der Waals surface area (Å²) < 4.78 is 0. The molecule has 1 aliphatic rings. The Balaban J connectivity index is 2.38. The molecule has 1 amide bonds. The van der Waals surface area contributed by atoms with Gasteiger partial charge in [0.1, 0.15) is 0 Å². The number of carbonyl (C=O) groups is 2. The maximum absolute atomic E-state index is 10.8. The average Bonchev–Trinajstić information content (AvgIpc) is 1.79. The first-order valence-electron chi connectivity index (χ1n) is 3.41. The zero-order valence-electron chi connectivity index (χ0n) is 6.26. The van der Waals surface area contributed by atoms with Crippen molar-refractivity contribution < 1.29 is 9.59 Å². The monoisotopic (exact) mass is 141 g/mol. The summed E-state index contributed by atoms with van der Waals surface area (Å²) in [5, 5.41) is 0. The fourth-order valence-electron chi connectivity index (χ4n) is 1.09. The Bertz CT molecular complexity index is 170. The molecule has 3 nitrogen and oxygen atoms in total. The van der Waals surface area contributed by atoms with Crippen LogP contribution in [0.1, 0.15) is 13.8 Å². The van der Waals surface area contributed by atoms with Crippen molar-refractivity contribution in [3.8, 4) is 0 Å². The third-order valence-corrected chi connectivity index (χ3v) is 1.65. The van der Waals surface area contributed by atoms with Crippen molar-refractivity contribution in [3.05, 3.63) is 0 Å². The molecule has 10 heavy (non-hydrogen) atoms. The summed E-state index contributed by atoms with van der Waals surface area (Å²) >= 11 is 0. The van der Waals surface area contributed by atoms with Crippen molar-refractivity contribution in [2.75, 3.05) is 13.1 Å². The Morgan fingerprint density at radius 2 is 1.90 bits per heavy atom. The number of Topliss-reactive ketones (excluding diaryl/α,β-unsaturated/α-hetero) is 1. The molecule has 56 valence electrons. The fourth-order valence-corrected chi connectivity index (χ4v) is 1.09. The van der Waals surface area contributed by atoms with E-state index in [0.717, 1.165) is 13.1 Å². The predicted molar refractivity (Wildman–Crippen MR) is 36.4 cm³/mol. The first kappa shape index (κ1) is 7.25. The van der Waals surface area contributed by atoms with Crippen molar-refractivity contribution in [1.29, 1.82) is 0 Å². The van der Waals surface area contributed by atoms with E-state index in [9.17, 15) is 9.59 Å². The largest absolute Gasteiger partial charge is 0.335 e. The quantitative estimate of drug-likeness (QED) is 0.484. The summed E-state index contributed by atoms with van der Waals surface area (Å²) in [5.41, 5.74) is 0. The lowest BCUT2D eigenvalue weighted by Crippen LogP contribution is -2.50. The lowest BCUT2D eigenvalue weighted by Gasteiger charge is -2.36. The fraction of sp³-hybridized carbons (Fsp3) is 0.714. The third-order valence-electron chi connectivity index (χ3n) is 1.65. The van der Waals surface area contributed by atoms with Crippen LogP contribution in [0.25, 0.3) is 0 Å². The van der Waals surface area contributed by atoms with Crippen molar-refractivity contribution >= 4 is 11.7 Å². The van der Waals surface area contributed by atoms with Gasteiger partial charge in [0.05, 0.1) is 0 Å². The number of rotatable bonds is 1. The second kappa shape index (κ2) is 2.40. The molecular formula is C7H11NO2. The first-order chi connectivity index (χ1) is 4.61. The Labute approximate surface area is 60.0 Å². The van der Waals surface area contributed by atoms with Gasteiger partial charge in [0.25, 0.3) is 5.91 Å². The highest BCUT2D eigenvalue weighted by Crippen LogP contribution is 2.13. The van der Waals surface area contributed by atoms with E-state index >= 15 is 0 Å². The van der Waals surface area contributed by atoms with Gasteiger partial charge in [0.15, 0.2) is 0 Å². The SMILES string of the molecule is CC(=O)C(=O)N1CC(C)C1. The van der Waals surface area contributed by atoms with Gasteiger partial charge in [-0.15, -0.1) is 0 Å². The number of amides is 1. The summed E-state index contributed by atoms with van der Waals surface area (Å²) in [6, 6.07) is 0. The van der Waals surface area contributed by atoms with E-state index in [1.54, 1.807) is 4.90 Å². The lowest BCUT2D eigenvalue weighted by atomic mass is 10.0. The van der Waals surface area contributed by atoms with Crippen LogP contribution in [0, 0.1) is 5.92 Å². The highest BCUT2D eigenvalue weighted by Gasteiger charge is 2.28. The maximum Gasteiger partial charge on any atom is 0.289 e. The molecule has 0 spiro atoms. The average molecular weight is 141 g/mol. The normalized spacial score (nSPS) is 18.4. The van der Waals surface area contributed by atoms with Gasteiger partial charge in [-0.1, -0.05) is 6.92 Å². The van der Waals surface area contributed by atoms with E-state index in [2.05, 4.69) is 6.92 Å². The maximum atomic E-state index is 10.8. The molecule has 3 heteroatoms. The molecule has 0 aliphatic carbocycles. The highest BCUT2D eigenvalue weighted by atomic mass is 16.2. The topological polar surface area (TPSA) is 37.4 Å². The molecule has 0 bridgehead atoms. The van der Waals surface area contributed by atoms with E-state index in [1.807, 2.05) is 0 Å². The van der Waals surface area contributed by atoms with Crippen molar-refractivity contribution in [1.82, 2.24) is 4.90 Å². The van der Waals surface area contributed by atoms with Gasteiger partial charge >= 0.3 is 0 Å². The van der Waals surface area contributed by atoms with Crippen LogP contribution >= 0.6 is 0 Å². The standard InChI is InChI=1S/C7H11NO2/c1-5-3-8(4-5)7(10)6(2)9/h5H,3-4H2,1-2H3. The van der Waals surface area contributed by atoms with E-state index in [4.69, 9.17) is 0 Å². The van der Waals surface area contributed by atoms with Gasteiger partial charge in [0.2, 0.25) is 5.78 Å². The zero-order chi connectivity index (χ0) is 7.72. The van der Waals surface area contributed by atoms with Crippen LogP contribution in [-0.4, -0.2) is 29.7 Å². The van der Waals surface area contributed by atoms with Crippen LogP contribution in [0.4, 0.5) is 0 Å². The molecule has 0 radical (unpaired) electrons. The number of hydrogen-bond acceptors (Lipinski definition) is 2. The minimum absolute atomic E-state index is 0.335. The molecule has 0 saturated carbocycles. The van der Waals surface area contributed by atoms with Crippen LogP contribution in [0.15, 0.2) is 0 Å². The van der Waals surface area contributed by atoms with Crippen LogP contribution < -0.4 is 0 Å². The van der Waals surface area contributed by atoms with E-state index in [-0.39, 0.29) is 11.7 Å². The Morgan fingerprint density at radius 3 is 2.20 bits per heavy atom. The summed E-state index contributed by atoms with van der Waals surface area (Å²) in [6.45, 7) is 4.87. The van der Waals surface area contributed by atoms with Gasteiger partial charge in [-0.3, -0.25) is 9.59 Å². The van der Waals surface area contributed by atoms with Gasteiger partial charge < -0.3 is 4.90 Å². The molecule has 1 saturated heterocycles. The second-order valence-corrected chi connectivity index (χ2v) is 2.87. The van der Waals surface area contributed by atoms with Crippen molar-refractivity contribution in [2.24, 2.45) is 5.92 Å². The molecule has 0 aromatic heterocycles. The van der Waals surface area contributed by atoms with E-state index in [1.165, 1.54) is 6.92 Å².